The number of rotatable bonds is 2. The van der Waals surface area contributed by atoms with Crippen LogP contribution in [0.2, 0.25) is 0 Å². The number of hydrogen-bond donors (Lipinski definition) is 1. The number of benzene rings is 1. The van der Waals surface area contributed by atoms with Gasteiger partial charge in [0, 0.05) is 30.4 Å². The van der Waals surface area contributed by atoms with Crippen molar-refractivity contribution in [2.75, 3.05) is 0 Å². The lowest BCUT2D eigenvalue weighted by molar-refractivity contribution is 0.0993. The van der Waals surface area contributed by atoms with Crippen LogP contribution in [0.25, 0.3) is 22.0 Å². The lowest BCUT2D eigenvalue weighted by atomic mass is 10.0. The van der Waals surface area contributed by atoms with E-state index in [0.29, 0.717) is 5.69 Å². The fraction of sp³-hybridized carbons (Fsp3) is 0.0667. The van der Waals surface area contributed by atoms with Crippen molar-refractivity contribution in [3.8, 4) is 11.1 Å². The predicted octanol–water partition coefficient (Wildman–Crippen LogP) is 2.34. The van der Waals surface area contributed by atoms with Crippen LogP contribution in [0.3, 0.4) is 0 Å². The van der Waals surface area contributed by atoms with Crippen molar-refractivity contribution >= 4 is 16.8 Å². The number of amides is 1. The van der Waals surface area contributed by atoms with Crippen LogP contribution in [-0.4, -0.2) is 15.5 Å². The Morgan fingerprint density at radius 1 is 1.21 bits per heavy atom. The average molecular weight is 251 g/mol. The van der Waals surface area contributed by atoms with Gasteiger partial charge in [-0.3, -0.25) is 9.78 Å². The summed E-state index contributed by atoms with van der Waals surface area (Å²) in [7, 11) is 1.84. The number of aromatic nitrogens is 2. The first-order valence-corrected chi connectivity index (χ1v) is 5.97. The van der Waals surface area contributed by atoms with Crippen LogP contribution in [0.1, 0.15) is 10.5 Å². The summed E-state index contributed by atoms with van der Waals surface area (Å²) in [6.07, 6.45) is 3.48. The lowest BCUT2D eigenvalue weighted by Crippen LogP contribution is -2.16. The minimum Gasteiger partial charge on any atom is -0.364 e. The van der Waals surface area contributed by atoms with Gasteiger partial charge in [0.05, 0.1) is 5.52 Å². The Bertz CT molecular complexity index is 760. The van der Waals surface area contributed by atoms with E-state index in [9.17, 15) is 4.79 Å². The van der Waals surface area contributed by atoms with Gasteiger partial charge in [-0.25, -0.2) is 0 Å². The third-order valence-corrected chi connectivity index (χ3v) is 3.30. The molecule has 1 aromatic carbocycles. The molecule has 0 atom stereocenters. The van der Waals surface area contributed by atoms with Crippen LogP contribution < -0.4 is 5.73 Å². The number of nitrogens with two attached hydrogens (primary N) is 1. The Kier molecular flexibility index (Phi) is 2.56. The molecule has 0 aliphatic heterocycles. The SMILES string of the molecule is Cn1c(C(N)=O)c(-c2ccccc2)c2cnccc21. The van der Waals surface area contributed by atoms with Crippen molar-refractivity contribution < 1.29 is 4.79 Å². The van der Waals surface area contributed by atoms with Gasteiger partial charge in [-0.15, -0.1) is 0 Å². The Morgan fingerprint density at radius 2 is 1.95 bits per heavy atom. The highest BCUT2D eigenvalue weighted by Gasteiger charge is 2.20. The molecule has 3 aromatic rings. The van der Waals surface area contributed by atoms with Gasteiger partial charge in [-0.05, 0) is 11.6 Å². The van der Waals surface area contributed by atoms with E-state index in [1.807, 2.05) is 48.0 Å². The minimum absolute atomic E-state index is 0.433. The quantitative estimate of drug-likeness (QED) is 0.760. The molecule has 0 radical (unpaired) electrons. The van der Waals surface area contributed by atoms with Gasteiger partial charge in [-0.2, -0.15) is 0 Å². The highest BCUT2D eigenvalue weighted by Crippen LogP contribution is 2.33. The van der Waals surface area contributed by atoms with E-state index >= 15 is 0 Å². The maximum Gasteiger partial charge on any atom is 0.266 e. The third kappa shape index (κ3) is 1.69. The van der Waals surface area contributed by atoms with Crippen LogP contribution >= 0.6 is 0 Å². The highest BCUT2D eigenvalue weighted by molar-refractivity contribution is 6.09. The number of nitrogens with zero attached hydrogens (tertiary/aromatic N) is 2. The highest BCUT2D eigenvalue weighted by atomic mass is 16.1. The second kappa shape index (κ2) is 4.24. The van der Waals surface area contributed by atoms with Crippen molar-refractivity contribution in [2.24, 2.45) is 12.8 Å². The Morgan fingerprint density at radius 3 is 2.63 bits per heavy atom. The monoisotopic (exact) mass is 251 g/mol. The summed E-state index contributed by atoms with van der Waals surface area (Å²) < 4.78 is 1.82. The number of primary amides is 1. The molecule has 0 saturated heterocycles. The van der Waals surface area contributed by atoms with Crippen LogP contribution in [0.4, 0.5) is 0 Å². The van der Waals surface area contributed by atoms with E-state index in [-0.39, 0.29) is 0 Å². The van der Waals surface area contributed by atoms with Crippen LogP contribution in [-0.2, 0) is 7.05 Å². The molecule has 0 bridgehead atoms. The van der Waals surface area contributed by atoms with E-state index in [1.165, 1.54) is 0 Å². The Labute approximate surface area is 110 Å². The molecule has 1 amide bonds. The molecule has 0 unspecified atom stereocenters. The zero-order valence-corrected chi connectivity index (χ0v) is 10.5. The van der Waals surface area contributed by atoms with Crippen molar-refractivity contribution in [1.29, 1.82) is 0 Å². The second-order valence-corrected chi connectivity index (χ2v) is 4.41. The molecule has 2 heterocycles. The maximum atomic E-state index is 11.8. The molecule has 0 fully saturated rings. The number of carbonyl (C=O) groups is 1. The molecule has 4 heteroatoms. The molecule has 2 N–H and O–H groups in total. The predicted molar refractivity (Wildman–Crippen MR) is 74.7 cm³/mol. The summed E-state index contributed by atoms with van der Waals surface area (Å²) in [6.45, 7) is 0. The molecule has 0 aliphatic rings. The molecule has 2 aromatic heterocycles. The summed E-state index contributed by atoms with van der Waals surface area (Å²) in [6, 6.07) is 11.6. The fourth-order valence-electron chi connectivity index (χ4n) is 2.47. The summed E-state index contributed by atoms with van der Waals surface area (Å²) in [5, 5.41) is 0.935. The van der Waals surface area contributed by atoms with E-state index in [2.05, 4.69) is 4.98 Å². The van der Waals surface area contributed by atoms with Crippen molar-refractivity contribution in [2.45, 2.75) is 0 Å². The zero-order valence-electron chi connectivity index (χ0n) is 10.5. The van der Waals surface area contributed by atoms with Gasteiger partial charge < -0.3 is 10.3 Å². The summed E-state index contributed by atoms with van der Waals surface area (Å²) >= 11 is 0. The summed E-state index contributed by atoms with van der Waals surface area (Å²) in [5.41, 5.74) is 8.81. The Hall–Kier alpha value is -2.62. The van der Waals surface area contributed by atoms with Crippen LogP contribution in [0.15, 0.2) is 48.8 Å². The molecule has 3 rings (SSSR count). The number of hydrogen-bond acceptors (Lipinski definition) is 2. The summed E-state index contributed by atoms with van der Waals surface area (Å²) in [5.74, 6) is -0.433. The van der Waals surface area contributed by atoms with Gasteiger partial charge >= 0.3 is 0 Å². The van der Waals surface area contributed by atoms with Gasteiger partial charge in [-0.1, -0.05) is 30.3 Å². The maximum absolute atomic E-state index is 11.8. The van der Waals surface area contributed by atoms with Gasteiger partial charge in [0.1, 0.15) is 5.69 Å². The smallest absolute Gasteiger partial charge is 0.266 e. The van der Waals surface area contributed by atoms with Crippen LogP contribution in [0.5, 0.6) is 0 Å². The number of fused-ring (bicyclic) bond motifs is 1. The van der Waals surface area contributed by atoms with Crippen molar-refractivity contribution in [1.82, 2.24) is 9.55 Å². The largest absolute Gasteiger partial charge is 0.364 e. The minimum atomic E-state index is -0.433. The molecule has 0 spiro atoms. The molecule has 0 saturated carbocycles. The first-order valence-electron chi connectivity index (χ1n) is 5.97. The Balaban J connectivity index is 2.46. The number of pyridine rings is 1. The van der Waals surface area contributed by atoms with E-state index in [1.54, 1.807) is 12.4 Å². The topological polar surface area (TPSA) is 60.9 Å². The molecular weight excluding hydrogens is 238 g/mol. The standard InChI is InChI=1S/C15H13N3O/c1-18-12-7-8-17-9-11(12)13(14(18)15(16)19)10-5-3-2-4-6-10/h2-9H,1H3,(H2,16,19). The molecule has 4 nitrogen and oxygen atoms in total. The molecule has 94 valence electrons. The fourth-order valence-corrected chi connectivity index (χ4v) is 2.47. The zero-order chi connectivity index (χ0) is 13.4. The summed E-state index contributed by atoms with van der Waals surface area (Å²) in [4.78, 5) is 15.9. The van der Waals surface area contributed by atoms with Gasteiger partial charge in [0.25, 0.3) is 5.91 Å². The van der Waals surface area contributed by atoms with Gasteiger partial charge in [0.15, 0.2) is 0 Å². The van der Waals surface area contributed by atoms with Crippen molar-refractivity contribution in [3.63, 3.8) is 0 Å². The van der Waals surface area contributed by atoms with Crippen molar-refractivity contribution in [3.05, 3.63) is 54.5 Å². The average Bonchev–Trinajstić information content (AvgIpc) is 2.74. The first kappa shape index (κ1) is 11.5. The van der Waals surface area contributed by atoms with E-state index in [0.717, 1.165) is 22.0 Å². The van der Waals surface area contributed by atoms with Crippen LogP contribution in [0, 0.1) is 0 Å². The second-order valence-electron chi connectivity index (χ2n) is 4.41. The lowest BCUT2D eigenvalue weighted by Gasteiger charge is -2.04. The van der Waals surface area contributed by atoms with E-state index < -0.39 is 5.91 Å². The molecular formula is C15H13N3O. The third-order valence-electron chi connectivity index (χ3n) is 3.30. The first-order chi connectivity index (χ1) is 9.20. The van der Waals surface area contributed by atoms with Gasteiger partial charge in [0.2, 0.25) is 0 Å². The number of carbonyl (C=O) groups excluding carboxylic acids is 1. The molecule has 19 heavy (non-hydrogen) atoms. The normalized spacial score (nSPS) is 10.8. The molecule has 0 aliphatic carbocycles. The van der Waals surface area contributed by atoms with E-state index in [4.69, 9.17) is 5.73 Å². The number of aryl methyl sites for hydroxylation is 1.